The quantitative estimate of drug-likeness (QED) is 0.787. The van der Waals surface area contributed by atoms with Crippen LogP contribution >= 0.6 is 0 Å². The minimum Gasteiger partial charge on any atom is -0.399 e. The van der Waals surface area contributed by atoms with E-state index in [4.69, 9.17) is 10.5 Å². The first-order valence-electron chi connectivity index (χ1n) is 7.49. The Morgan fingerprint density at radius 2 is 2.33 bits per heavy atom. The number of hydrogen-bond donors (Lipinski definition) is 2. The van der Waals surface area contributed by atoms with Crippen molar-refractivity contribution in [2.24, 2.45) is 0 Å². The average Bonchev–Trinajstić information content (AvgIpc) is 2.90. The van der Waals surface area contributed by atoms with E-state index in [0.29, 0.717) is 18.2 Å². The smallest absolute Gasteiger partial charge is 0.224 e. The van der Waals surface area contributed by atoms with E-state index >= 15 is 0 Å². The molecule has 5 nitrogen and oxygen atoms in total. The van der Waals surface area contributed by atoms with Gasteiger partial charge in [-0.2, -0.15) is 0 Å². The summed E-state index contributed by atoms with van der Waals surface area (Å²) in [5.74, 6) is 0.0605. The highest BCUT2D eigenvalue weighted by Crippen LogP contribution is 2.18. The zero-order chi connectivity index (χ0) is 15.2. The maximum atomic E-state index is 12.0. The lowest BCUT2D eigenvalue weighted by molar-refractivity contribution is -0.116. The van der Waals surface area contributed by atoms with Crippen LogP contribution in [0.4, 0.5) is 11.4 Å². The van der Waals surface area contributed by atoms with Crippen LogP contribution < -0.4 is 11.1 Å². The Morgan fingerprint density at radius 1 is 1.52 bits per heavy atom. The second-order valence-electron chi connectivity index (χ2n) is 5.67. The highest BCUT2D eigenvalue weighted by molar-refractivity contribution is 5.91. The molecule has 2 rings (SSSR count). The number of anilines is 2. The van der Waals surface area contributed by atoms with Gasteiger partial charge in [-0.3, -0.25) is 4.79 Å². The van der Waals surface area contributed by atoms with Gasteiger partial charge in [-0.15, -0.1) is 0 Å². The molecule has 0 radical (unpaired) electrons. The molecule has 3 N–H and O–H groups in total. The standard InChI is InChI=1S/C16H25N3O2/c1-12-10-13(17)5-6-15(12)18-16(20)4-3-8-19-9-7-14(11-19)21-2/h5-6,10,14H,3-4,7-9,11,17H2,1-2H3,(H,18,20). The van der Waals surface area contributed by atoms with Gasteiger partial charge in [0.05, 0.1) is 6.10 Å². The lowest BCUT2D eigenvalue weighted by Crippen LogP contribution is -2.25. The summed E-state index contributed by atoms with van der Waals surface area (Å²) in [5, 5.41) is 2.95. The number of nitrogens with two attached hydrogens (primary N) is 1. The second kappa shape index (κ2) is 7.43. The molecule has 1 aromatic carbocycles. The van der Waals surface area contributed by atoms with Gasteiger partial charge in [0, 0.05) is 38.0 Å². The van der Waals surface area contributed by atoms with E-state index in [9.17, 15) is 4.79 Å². The normalized spacial score (nSPS) is 18.9. The van der Waals surface area contributed by atoms with Crippen LogP contribution in [0.1, 0.15) is 24.8 Å². The van der Waals surface area contributed by atoms with Gasteiger partial charge in [0.25, 0.3) is 0 Å². The number of carbonyl (C=O) groups is 1. The van der Waals surface area contributed by atoms with E-state index in [1.54, 1.807) is 13.2 Å². The topological polar surface area (TPSA) is 67.6 Å². The molecular formula is C16H25N3O2. The number of nitrogens with zero attached hydrogens (tertiary/aromatic N) is 1. The molecule has 5 heteroatoms. The van der Waals surface area contributed by atoms with Gasteiger partial charge in [0.15, 0.2) is 0 Å². The third-order valence-corrected chi connectivity index (χ3v) is 3.97. The Labute approximate surface area is 126 Å². The lowest BCUT2D eigenvalue weighted by atomic mass is 10.1. The fourth-order valence-corrected chi connectivity index (χ4v) is 2.70. The third kappa shape index (κ3) is 4.72. The summed E-state index contributed by atoms with van der Waals surface area (Å²) in [7, 11) is 1.76. The van der Waals surface area contributed by atoms with E-state index in [1.165, 1.54) is 0 Å². The Hall–Kier alpha value is -1.59. The molecule has 0 aromatic heterocycles. The number of rotatable bonds is 6. The highest BCUT2D eigenvalue weighted by atomic mass is 16.5. The van der Waals surface area contributed by atoms with Gasteiger partial charge < -0.3 is 20.7 Å². The van der Waals surface area contributed by atoms with E-state index in [-0.39, 0.29) is 5.91 Å². The Kier molecular flexibility index (Phi) is 5.59. The third-order valence-electron chi connectivity index (χ3n) is 3.97. The van der Waals surface area contributed by atoms with Crippen LogP contribution in [0, 0.1) is 6.92 Å². The molecule has 1 saturated heterocycles. The van der Waals surface area contributed by atoms with E-state index < -0.39 is 0 Å². The number of benzene rings is 1. The maximum Gasteiger partial charge on any atom is 0.224 e. The van der Waals surface area contributed by atoms with Crippen LogP contribution in [0.3, 0.4) is 0 Å². The lowest BCUT2D eigenvalue weighted by Gasteiger charge is -2.15. The molecule has 1 aliphatic rings. The van der Waals surface area contributed by atoms with Gasteiger partial charge >= 0.3 is 0 Å². The molecule has 0 bridgehead atoms. The number of methoxy groups -OCH3 is 1. The number of hydrogen-bond acceptors (Lipinski definition) is 4. The molecule has 1 atom stereocenters. The summed E-state index contributed by atoms with van der Waals surface area (Å²) in [6.45, 7) is 4.95. The van der Waals surface area contributed by atoms with Crippen molar-refractivity contribution in [3.05, 3.63) is 23.8 Å². The average molecular weight is 291 g/mol. The van der Waals surface area contributed by atoms with Crippen molar-refractivity contribution >= 4 is 17.3 Å². The van der Waals surface area contributed by atoms with Crippen LogP contribution in [-0.4, -0.2) is 43.7 Å². The number of likely N-dealkylation sites (tertiary alicyclic amines) is 1. The maximum absolute atomic E-state index is 12.0. The van der Waals surface area contributed by atoms with Crippen LogP contribution in [0.2, 0.25) is 0 Å². The molecule has 0 spiro atoms. The first-order chi connectivity index (χ1) is 10.1. The Bertz CT molecular complexity index is 490. The number of aryl methyl sites for hydroxylation is 1. The zero-order valence-electron chi connectivity index (χ0n) is 12.9. The molecule has 21 heavy (non-hydrogen) atoms. The number of nitrogens with one attached hydrogen (secondary N) is 1. The number of carbonyl (C=O) groups excluding carboxylic acids is 1. The molecule has 1 amide bonds. The minimum atomic E-state index is 0.0605. The molecule has 116 valence electrons. The van der Waals surface area contributed by atoms with Crippen molar-refractivity contribution in [2.45, 2.75) is 32.3 Å². The Morgan fingerprint density at radius 3 is 3.00 bits per heavy atom. The Balaban J connectivity index is 1.70. The van der Waals surface area contributed by atoms with E-state index in [1.807, 2.05) is 19.1 Å². The summed E-state index contributed by atoms with van der Waals surface area (Å²) in [4.78, 5) is 14.3. The SMILES string of the molecule is COC1CCN(CCCC(=O)Nc2ccc(N)cc2C)C1. The highest BCUT2D eigenvalue weighted by Gasteiger charge is 2.21. The molecule has 0 saturated carbocycles. The van der Waals surface area contributed by atoms with Crippen molar-refractivity contribution < 1.29 is 9.53 Å². The largest absolute Gasteiger partial charge is 0.399 e. The summed E-state index contributed by atoms with van der Waals surface area (Å²) >= 11 is 0. The predicted molar refractivity (Wildman–Crippen MR) is 85.3 cm³/mol. The summed E-state index contributed by atoms with van der Waals surface area (Å²) in [6, 6.07) is 5.52. The fraction of sp³-hybridized carbons (Fsp3) is 0.562. The molecule has 1 aliphatic heterocycles. The van der Waals surface area contributed by atoms with Crippen LogP contribution in [0.15, 0.2) is 18.2 Å². The van der Waals surface area contributed by atoms with E-state index in [2.05, 4.69) is 10.2 Å². The van der Waals surface area contributed by atoms with Gasteiger partial charge in [-0.25, -0.2) is 0 Å². The number of amides is 1. The predicted octanol–water partition coefficient (Wildman–Crippen LogP) is 2.02. The monoisotopic (exact) mass is 291 g/mol. The molecule has 1 aromatic rings. The minimum absolute atomic E-state index is 0.0605. The van der Waals surface area contributed by atoms with Gasteiger partial charge in [-0.1, -0.05) is 0 Å². The molecule has 1 heterocycles. The first-order valence-corrected chi connectivity index (χ1v) is 7.49. The van der Waals surface area contributed by atoms with Gasteiger partial charge in [0.2, 0.25) is 5.91 Å². The molecule has 1 unspecified atom stereocenters. The van der Waals surface area contributed by atoms with Crippen LogP contribution in [0.5, 0.6) is 0 Å². The number of ether oxygens (including phenoxy) is 1. The van der Waals surface area contributed by atoms with Crippen molar-refractivity contribution in [2.75, 3.05) is 37.8 Å². The number of nitrogen functional groups attached to an aromatic ring is 1. The van der Waals surface area contributed by atoms with Gasteiger partial charge in [0.1, 0.15) is 0 Å². The van der Waals surface area contributed by atoms with Crippen molar-refractivity contribution in [3.8, 4) is 0 Å². The van der Waals surface area contributed by atoms with Crippen molar-refractivity contribution in [3.63, 3.8) is 0 Å². The second-order valence-corrected chi connectivity index (χ2v) is 5.67. The van der Waals surface area contributed by atoms with Crippen LogP contribution in [0.25, 0.3) is 0 Å². The summed E-state index contributed by atoms with van der Waals surface area (Å²) in [5.41, 5.74) is 8.25. The molecule has 1 fully saturated rings. The fourth-order valence-electron chi connectivity index (χ4n) is 2.70. The van der Waals surface area contributed by atoms with Crippen molar-refractivity contribution in [1.29, 1.82) is 0 Å². The summed E-state index contributed by atoms with van der Waals surface area (Å²) < 4.78 is 5.34. The molecular weight excluding hydrogens is 266 g/mol. The van der Waals surface area contributed by atoms with Crippen LogP contribution in [-0.2, 0) is 9.53 Å². The summed E-state index contributed by atoms with van der Waals surface area (Å²) in [6.07, 6.45) is 2.86. The molecule has 0 aliphatic carbocycles. The van der Waals surface area contributed by atoms with Crippen molar-refractivity contribution in [1.82, 2.24) is 4.90 Å². The van der Waals surface area contributed by atoms with E-state index in [0.717, 1.165) is 43.7 Å². The first kappa shape index (κ1) is 15.8. The van der Waals surface area contributed by atoms with Gasteiger partial charge in [-0.05, 0) is 50.1 Å². The zero-order valence-corrected chi connectivity index (χ0v) is 12.9.